The van der Waals surface area contributed by atoms with Gasteiger partial charge in [-0.2, -0.15) is 0 Å². The van der Waals surface area contributed by atoms with Gasteiger partial charge < -0.3 is 4.90 Å². The van der Waals surface area contributed by atoms with Crippen LogP contribution in [0.4, 0.5) is 0 Å². The molecule has 0 fully saturated rings. The van der Waals surface area contributed by atoms with Gasteiger partial charge in [0, 0.05) is 24.5 Å². The Bertz CT molecular complexity index is 383. The Morgan fingerprint density at radius 3 is 2.41 bits per heavy atom. The lowest BCUT2D eigenvalue weighted by Crippen LogP contribution is -2.27. The summed E-state index contributed by atoms with van der Waals surface area (Å²) >= 11 is 0. The van der Waals surface area contributed by atoms with Crippen LogP contribution in [0.5, 0.6) is 0 Å². The van der Waals surface area contributed by atoms with Crippen LogP contribution >= 0.6 is 0 Å². The van der Waals surface area contributed by atoms with Crippen LogP contribution in [-0.2, 0) is 12.8 Å². The fraction of sp³-hybridized carbons (Fsp3) is 0.538. The fourth-order valence-corrected chi connectivity index (χ4v) is 2.35. The summed E-state index contributed by atoms with van der Waals surface area (Å²) in [5.41, 5.74) is 11.2. The number of azide groups is 1. The lowest BCUT2D eigenvalue weighted by molar-refractivity contribution is 0.285. The lowest BCUT2D eigenvalue weighted by atomic mass is 10.0. The first-order valence-electron chi connectivity index (χ1n) is 6.20. The highest BCUT2D eigenvalue weighted by Crippen LogP contribution is 2.15. The van der Waals surface area contributed by atoms with Crippen molar-refractivity contribution in [3.8, 4) is 0 Å². The van der Waals surface area contributed by atoms with Crippen molar-refractivity contribution in [1.82, 2.24) is 4.90 Å². The van der Waals surface area contributed by atoms with Gasteiger partial charge in [0.2, 0.25) is 0 Å². The summed E-state index contributed by atoms with van der Waals surface area (Å²) in [5, 5.41) is 3.57. The molecule has 0 saturated carbocycles. The molecule has 0 spiro atoms. The molecule has 1 aliphatic rings. The van der Waals surface area contributed by atoms with Gasteiger partial charge in [0.25, 0.3) is 0 Å². The second-order valence-electron chi connectivity index (χ2n) is 4.42. The van der Waals surface area contributed by atoms with Gasteiger partial charge in [0.15, 0.2) is 0 Å². The molecule has 1 aliphatic heterocycles. The topological polar surface area (TPSA) is 52.0 Å². The molecule has 0 unspecified atom stereocenters. The van der Waals surface area contributed by atoms with E-state index >= 15 is 0 Å². The van der Waals surface area contributed by atoms with E-state index < -0.39 is 0 Å². The molecule has 0 saturated heterocycles. The molecular weight excluding hydrogens is 212 g/mol. The molecule has 4 heteroatoms. The second-order valence-corrected chi connectivity index (χ2v) is 4.42. The van der Waals surface area contributed by atoms with Crippen molar-refractivity contribution < 1.29 is 0 Å². The summed E-state index contributed by atoms with van der Waals surface area (Å²) in [7, 11) is 0. The van der Waals surface area contributed by atoms with E-state index in [9.17, 15) is 0 Å². The smallest absolute Gasteiger partial charge is 0.0270 e. The quantitative estimate of drug-likeness (QED) is 0.339. The highest BCUT2D eigenvalue weighted by molar-refractivity contribution is 5.28. The third-order valence-electron chi connectivity index (χ3n) is 3.31. The van der Waals surface area contributed by atoms with Crippen LogP contribution in [0.15, 0.2) is 29.4 Å². The molecule has 0 N–H and O–H groups in total. The number of rotatable bonds is 4. The molecule has 0 aromatic heterocycles. The van der Waals surface area contributed by atoms with Crippen molar-refractivity contribution in [1.29, 1.82) is 0 Å². The van der Waals surface area contributed by atoms with E-state index in [0.29, 0.717) is 6.54 Å². The van der Waals surface area contributed by atoms with E-state index in [1.165, 1.54) is 11.1 Å². The van der Waals surface area contributed by atoms with Gasteiger partial charge in [-0.15, -0.1) is 0 Å². The summed E-state index contributed by atoms with van der Waals surface area (Å²) in [4.78, 5) is 5.24. The standard InChI is InChI=1S/C13H18N4/c14-16-15-8-3-9-17-10-6-12-4-1-2-5-13(12)7-11-17/h1-2,4-5H,3,6-11H2. The SMILES string of the molecule is [N-]=[N+]=NCCCN1CCc2ccccc2CC1. The van der Waals surface area contributed by atoms with Crippen molar-refractivity contribution in [3.05, 3.63) is 45.8 Å². The Balaban J connectivity index is 1.84. The van der Waals surface area contributed by atoms with E-state index in [1.54, 1.807) is 0 Å². The lowest BCUT2D eigenvalue weighted by Gasteiger charge is -2.18. The van der Waals surface area contributed by atoms with Crippen LogP contribution in [0, 0.1) is 0 Å². The van der Waals surface area contributed by atoms with E-state index in [0.717, 1.165) is 38.9 Å². The summed E-state index contributed by atoms with van der Waals surface area (Å²) in [6, 6.07) is 8.71. The predicted molar refractivity (Wildman–Crippen MR) is 68.9 cm³/mol. The minimum absolute atomic E-state index is 0.611. The van der Waals surface area contributed by atoms with Gasteiger partial charge in [-0.3, -0.25) is 0 Å². The predicted octanol–water partition coefficient (Wildman–Crippen LogP) is 2.79. The summed E-state index contributed by atoms with van der Waals surface area (Å²) in [6.45, 7) is 3.88. The summed E-state index contributed by atoms with van der Waals surface area (Å²) in [5.74, 6) is 0. The molecule has 90 valence electrons. The second kappa shape index (κ2) is 6.28. The zero-order chi connectivity index (χ0) is 11.9. The van der Waals surface area contributed by atoms with Crippen LogP contribution in [0.25, 0.3) is 10.4 Å². The van der Waals surface area contributed by atoms with E-state index in [1.807, 2.05) is 0 Å². The molecule has 1 heterocycles. The first-order chi connectivity index (χ1) is 8.40. The normalized spacial score (nSPS) is 15.8. The Labute approximate surface area is 102 Å². The highest BCUT2D eigenvalue weighted by Gasteiger charge is 2.12. The first-order valence-corrected chi connectivity index (χ1v) is 6.20. The zero-order valence-corrected chi connectivity index (χ0v) is 10.0. The number of benzene rings is 1. The largest absolute Gasteiger partial charge is 0.303 e. The van der Waals surface area contributed by atoms with Crippen molar-refractivity contribution >= 4 is 0 Å². The van der Waals surface area contributed by atoms with E-state index in [4.69, 9.17) is 5.53 Å². The Morgan fingerprint density at radius 2 is 1.82 bits per heavy atom. The molecule has 2 rings (SSSR count). The Kier molecular flexibility index (Phi) is 4.42. The number of hydrogen-bond acceptors (Lipinski definition) is 2. The van der Waals surface area contributed by atoms with Gasteiger partial charge in [-0.25, -0.2) is 0 Å². The van der Waals surface area contributed by atoms with Crippen molar-refractivity contribution in [2.24, 2.45) is 5.11 Å². The van der Waals surface area contributed by atoms with E-state index in [-0.39, 0.29) is 0 Å². The molecule has 0 atom stereocenters. The summed E-state index contributed by atoms with van der Waals surface area (Å²) in [6.07, 6.45) is 3.23. The Hall–Kier alpha value is -1.51. The maximum atomic E-state index is 8.21. The van der Waals surface area contributed by atoms with Gasteiger partial charge in [0.05, 0.1) is 0 Å². The minimum atomic E-state index is 0.611. The number of hydrogen-bond donors (Lipinski definition) is 0. The fourth-order valence-electron chi connectivity index (χ4n) is 2.35. The number of nitrogens with zero attached hydrogens (tertiary/aromatic N) is 4. The van der Waals surface area contributed by atoms with Gasteiger partial charge in [-0.1, -0.05) is 29.4 Å². The zero-order valence-electron chi connectivity index (χ0n) is 10.0. The van der Waals surface area contributed by atoms with Crippen LogP contribution < -0.4 is 0 Å². The molecule has 0 amide bonds. The maximum Gasteiger partial charge on any atom is 0.0270 e. The average molecular weight is 230 g/mol. The molecule has 4 nitrogen and oxygen atoms in total. The Morgan fingerprint density at radius 1 is 1.18 bits per heavy atom. The van der Waals surface area contributed by atoms with E-state index in [2.05, 4.69) is 39.2 Å². The minimum Gasteiger partial charge on any atom is -0.303 e. The molecular formula is C13H18N4. The molecule has 0 bridgehead atoms. The molecule has 1 aromatic carbocycles. The third kappa shape index (κ3) is 3.48. The molecule has 1 aromatic rings. The van der Waals surface area contributed by atoms with Gasteiger partial charge in [-0.05, 0) is 42.5 Å². The number of fused-ring (bicyclic) bond motifs is 1. The first kappa shape index (κ1) is 12.0. The van der Waals surface area contributed by atoms with Crippen LogP contribution in [0.1, 0.15) is 17.5 Å². The van der Waals surface area contributed by atoms with Crippen LogP contribution in [0.3, 0.4) is 0 Å². The highest BCUT2D eigenvalue weighted by atomic mass is 15.1. The van der Waals surface area contributed by atoms with Crippen LogP contribution in [0.2, 0.25) is 0 Å². The average Bonchev–Trinajstić information content (AvgIpc) is 2.58. The van der Waals surface area contributed by atoms with Crippen molar-refractivity contribution in [3.63, 3.8) is 0 Å². The molecule has 0 radical (unpaired) electrons. The van der Waals surface area contributed by atoms with Gasteiger partial charge in [0.1, 0.15) is 0 Å². The third-order valence-corrected chi connectivity index (χ3v) is 3.31. The van der Waals surface area contributed by atoms with Crippen LogP contribution in [-0.4, -0.2) is 31.1 Å². The van der Waals surface area contributed by atoms with Gasteiger partial charge >= 0.3 is 0 Å². The monoisotopic (exact) mass is 230 g/mol. The maximum absolute atomic E-state index is 8.21. The van der Waals surface area contributed by atoms with Crippen molar-refractivity contribution in [2.45, 2.75) is 19.3 Å². The van der Waals surface area contributed by atoms with Crippen molar-refractivity contribution in [2.75, 3.05) is 26.2 Å². The molecule has 17 heavy (non-hydrogen) atoms. The summed E-state index contributed by atoms with van der Waals surface area (Å²) < 4.78 is 0. The molecule has 0 aliphatic carbocycles.